The minimum atomic E-state index is -0.784. The van der Waals surface area contributed by atoms with Gasteiger partial charge in [-0.15, -0.1) is 0 Å². The first-order valence-electron chi connectivity index (χ1n) is 13.2. The number of hydrogen-bond acceptors (Lipinski definition) is 7. The van der Waals surface area contributed by atoms with Gasteiger partial charge in [0, 0.05) is 28.7 Å². The van der Waals surface area contributed by atoms with Crippen LogP contribution in [0.15, 0.2) is 74.1 Å². The molecular formula is C31H30BrN3O5S. The van der Waals surface area contributed by atoms with Crippen molar-refractivity contribution in [1.29, 1.82) is 0 Å². The molecule has 1 N–H and O–H groups in total. The summed E-state index contributed by atoms with van der Waals surface area (Å²) >= 11 is 4.64. The zero-order valence-electron chi connectivity index (χ0n) is 23.4. The smallest absolute Gasteiger partial charge is 0.271 e. The standard InChI is InChI=1S/C31H30BrN3O5S/c1-6-34(7-2)30(38)25-17(3)33-31-35(27(25)26-21-11-9-8-10-18(21)12-13-22(26)39-4)29(37)24(41-31)15-19-14-20(32)16-23(40-5)28(19)36/h8-16,27,36H,6-7H2,1-5H3/b24-15+/t27-/m0/s1. The van der Waals surface area contributed by atoms with E-state index in [1.54, 1.807) is 34.8 Å². The van der Waals surface area contributed by atoms with Crippen molar-refractivity contribution in [2.24, 2.45) is 4.99 Å². The van der Waals surface area contributed by atoms with Crippen LogP contribution in [0.1, 0.15) is 37.9 Å². The Balaban J connectivity index is 1.86. The first-order chi connectivity index (χ1) is 19.7. The highest BCUT2D eigenvalue weighted by Gasteiger charge is 2.36. The number of ether oxygens (including phenoxy) is 2. The SMILES string of the molecule is CCN(CC)C(=O)C1=C(C)N=c2s/c(=C/c3cc(Br)cc(OC)c3O)c(=O)n2[C@@H]1c1c(OC)ccc2ccccc12. The number of aromatic nitrogens is 1. The van der Waals surface area contributed by atoms with Crippen molar-refractivity contribution in [2.75, 3.05) is 27.3 Å². The van der Waals surface area contributed by atoms with Crippen LogP contribution in [0.2, 0.25) is 0 Å². The second kappa shape index (κ2) is 11.5. The lowest BCUT2D eigenvalue weighted by Crippen LogP contribution is -2.43. The van der Waals surface area contributed by atoms with E-state index >= 15 is 0 Å². The van der Waals surface area contributed by atoms with E-state index in [-0.39, 0.29) is 23.0 Å². The highest BCUT2D eigenvalue weighted by Crippen LogP contribution is 2.40. The summed E-state index contributed by atoms with van der Waals surface area (Å²) in [5.74, 6) is 0.583. The van der Waals surface area contributed by atoms with Crippen LogP contribution in [0.3, 0.4) is 0 Å². The molecule has 41 heavy (non-hydrogen) atoms. The van der Waals surface area contributed by atoms with E-state index in [1.165, 1.54) is 18.4 Å². The molecule has 1 atom stereocenters. The number of halogens is 1. The maximum absolute atomic E-state index is 14.2. The van der Waals surface area contributed by atoms with Crippen molar-refractivity contribution in [1.82, 2.24) is 9.47 Å². The molecule has 1 aliphatic rings. The highest BCUT2D eigenvalue weighted by molar-refractivity contribution is 9.10. The summed E-state index contributed by atoms with van der Waals surface area (Å²) in [5.41, 5.74) is 1.77. The van der Waals surface area contributed by atoms with Gasteiger partial charge in [0.15, 0.2) is 16.3 Å². The fourth-order valence-electron chi connectivity index (χ4n) is 5.29. The summed E-state index contributed by atoms with van der Waals surface area (Å²) < 4.78 is 13.8. The third kappa shape index (κ3) is 4.95. The van der Waals surface area contributed by atoms with Gasteiger partial charge in [0.05, 0.1) is 30.0 Å². The lowest BCUT2D eigenvalue weighted by Gasteiger charge is -2.30. The first kappa shape index (κ1) is 28.6. The van der Waals surface area contributed by atoms with E-state index in [1.807, 2.05) is 57.2 Å². The summed E-state index contributed by atoms with van der Waals surface area (Å²) in [7, 11) is 3.05. The summed E-state index contributed by atoms with van der Waals surface area (Å²) in [6.07, 6.45) is 1.62. The zero-order chi connectivity index (χ0) is 29.4. The maximum Gasteiger partial charge on any atom is 0.271 e. The van der Waals surface area contributed by atoms with Gasteiger partial charge in [0.1, 0.15) is 11.8 Å². The number of aromatic hydroxyl groups is 1. The molecule has 8 nitrogen and oxygen atoms in total. The summed E-state index contributed by atoms with van der Waals surface area (Å²) in [6, 6.07) is 14.3. The Morgan fingerprint density at radius 1 is 1.12 bits per heavy atom. The molecule has 2 heterocycles. The molecule has 5 rings (SSSR count). The second-order valence-electron chi connectivity index (χ2n) is 9.51. The molecule has 4 aromatic rings. The number of benzene rings is 3. The van der Waals surface area contributed by atoms with Gasteiger partial charge in [-0.25, -0.2) is 4.99 Å². The van der Waals surface area contributed by atoms with Gasteiger partial charge in [-0.2, -0.15) is 0 Å². The topological polar surface area (TPSA) is 93.4 Å². The fraction of sp³-hybridized carbons (Fsp3) is 0.258. The molecular weight excluding hydrogens is 606 g/mol. The number of allylic oxidation sites excluding steroid dienone is 1. The van der Waals surface area contributed by atoms with E-state index in [2.05, 4.69) is 15.9 Å². The van der Waals surface area contributed by atoms with Crippen LogP contribution >= 0.6 is 27.3 Å². The summed E-state index contributed by atoms with van der Waals surface area (Å²) in [5, 5.41) is 12.6. The molecule has 0 radical (unpaired) electrons. The number of likely N-dealkylation sites (N-methyl/N-ethyl adjacent to an activating group) is 1. The molecule has 0 aliphatic carbocycles. The molecule has 0 saturated carbocycles. The van der Waals surface area contributed by atoms with Crippen LogP contribution in [-0.4, -0.2) is 47.8 Å². The fourth-order valence-corrected chi connectivity index (χ4v) is 6.78. The first-order valence-corrected chi connectivity index (χ1v) is 14.8. The number of methoxy groups -OCH3 is 2. The lowest BCUT2D eigenvalue weighted by atomic mass is 9.90. The Labute approximate surface area is 249 Å². The van der Waals surface area contributed by atoms with Crippen LogP contribution in [0.5, 0.6) is 17.2 Å². The predicted octanol–water partition coefficient (Wildman–Crippen LogP) is 4.74. The summed E-state index contributed by atoms with van der Waals surface area (Å²) in [6.45, 7) is 6.70. The predicted molar refractivity (Wildman–Crippen MR) is 165 cm³/mol. The van der Waals surface area contributed by atoms with Crippen molar-refractivity contribution < 1.29 is 19.4 Å². The quantitative estimate of drug-likeness (QED) is 0.317. The molecule has 0 saturated heterocycles. The second-order valence-corrected chi connectivity index (χ2v) is 11.4. The maximum atomic E-state index is 14.2. The molecule has 1 aliphatic heterocycles. The Kier molecular flexibility index (Phi) is 8.06. The molecule has 3 aromatic carbocycles. The van der Waals surface area contributed by atoms with Crippen molar-refractivity contribution in [3.05, 3.63) is 95.1 Å². The number of carbonyl (C=O) groups is 1. The number of rotatable bonds is 7. The molecule has 212 valence electrons. The van der Waals surface area contributed by atoms with Gasteiger partial charge in [-0.05, 0) is 55.8 Å². The van der Waals surface area contributed by atoms with E-state index in [0.29, 0.717) is 49.5 Å². The molecule has 0 unspecified atom stereocenters. The third-order valence-electron chi connectivity index (χ3n) is 7.30. The lowest BCUT2D eigenvalue weighted by molar-refractivity contribution is -0.127. The number of phenolic OH excluding ortho intramolecular Hbond substituents is 1. The van der Waals surface area contributed by atoms with Gasteiger partial charge in [0.25, 0.3) is 11.5 Å². The van der Waals surface area contributed by atoms with Gasteiger partial charge >= 0.3 is 0 Å². The van der Waals surface area contributed by atoms with E-state index in [4.69, 9.17) is 14.5 Å². The van der Waals surface area contributed by atoms with Crippen LogP contribution in [0.4, 0.5) is 0 Å². The Bertz CT molecular complexity index is 1890. The molecule has 1 amide bonds. The van der Waals surface area contributed by atoms with E-state index in [9.17, 15) is 14.7 Å². The van der Waals surface area contributed by atoms with Crippen molar-refractivity contribution in [3.8, 4) is 17.2 Å². The Hall–Kier alpha value is -3.89. The Morgan fingerprint density at radius 3 is 2.51 bits per heavy atom. The molecule has 0 fully saturated rings. The van der Waals surface area contributed by atoms with Crippen molar-refractivity contribution in [2.45, 2.75) is 26.8 Å². The van der Waals surface area contributed by atoms with Crippen LogP contribution in [-0.2, 0) is 4.79 Å². The number of nitrogens with zero attached hydrogens (tertiary/aromatic N) is 3. The number of fused-ring (bicyclic) bond motifs is 2. The van der Waals surface area contributed by atoms with Gasteiger partial charge in [-0.3, -0.25) is 14.2 Å². The summed E-state index contributed by atoms with van der Waals surface area (Å²) in [4.78, 5) is 35.3. The van der Waals surface area contributed by atoms with Gasteiger partial charge < -0.3 is 19.5 Å². The molecule has 10 heteroatoms. The number of amides is 1. The highest BCUT2D eigenvalue weighted by atomic mass is 79.9. The normalized spacial score (nSPS) is 15.1. The van der Waals surface area contributed by atoms with E-state index in [0.717, 1.165) is 16.3 Å². The minimum absolute atomic E-state index is 0.0811. The molecule has 0 spiro atoms. The zero-order valence-corrected chi connectivity index (χ0v) is 25.8. The van der Waals surface area contributed by atoms with Crippen LogP contribution in [0.25, 0.3) is 16.8 Å². The van der Waals surface area contributed by atoms with Crippen LogP contribution < -0.4 is 24.4 Å². The van der Waals surface area contributed by atoms with Crippen molar-refractivity contribution in [3.63, 3.8) is 0 Å². The molecule has 1 aromatic heterocycles. The Morgan fingerprint density at radius 2 is 1.83 bits per heavy atom. The third-order valence-corrected chi connectivity index (χ3v) is 8.74. The van der Waals surface area contributed by atoms with Crippen molar-refractivity contribution >= 4 is 50.0 Å². The average molecular weight is 637 g/mol. The van der Waals surface area contributed by atoms with Gasteiger partial charge in [0.2, 0.25) is 0 Å². The van der Waals surface area contributed by atoms with E-state index < -0.39 is 6.04 Å². The monoisotopic (exact) mass is 635 g/mol. The average Bonchev–Trinajstić information content (AvgIpc) is 3.27. The van der Waals surface area contributed by atoms with Gasteiger partial charge in [-0.1, -0.05) is 57.6 Å². The number of phenols is 1. The molecule has 0 bridgehead atoms. The number of thiazole rings is 1. The number of hydrogen-bond donors (Lipinski definition) is 1. The number of carbonyl (C=O) groups excluding carboxylic acids is 1. The largest absolute Gasteiger partial charge is 0.504 e. The van der Waals surface area contributed by atoms with Crippen LogP contribution in [0, 0.1) is 0 Å². The minimum Gasteiger partial charge on any atom is -0.504 e.